The number of carboxylic acid groups (broad SMARTS) is 1. The first kappa shape index (κ1) is 22.7. The minimum absolute atomic E-state index is 0.00185. The Hall–Kier alpha value is -2.52. The van der Waals surface area contributed by atoms with Crippen LogP contribution in [-0.4, -0.2) is 22.2 Å². The van der Waals surface area contributed by atoms with Crippen LogP contribution in [0, 0.1) is 6.92 Å². The van der Waals surface area contributed by atoms with Crippen LogP contribution in [0.1, 0.15) is 34.5 Å². The van der Waals surface area contributed by atoms with E-state index in [-0.39, 0.29) is 12.5 Å². The van der Waals surface area contributed by atoms with Crippen LogP contribution in [0.15, 0.2) is 47.4 Å². The van der Waals surface area contributed by atoms with Gasteiger partial charge in [0.1, 0.15) is 16.9 Å². The lowest BCUT2D eigenvalue weighted by molar-refractivity contribution is -0.139. The summed E-state index contributed by atoms with van der Waals surface area (Å²) in [4.78, 5) is 17.6. The number of carboxylic acids is 1. The second-order valence-corrected chi connectivity index (χ2v) is 9.67. The number of carbonyl (C=O) groups is 1. The topological polar surface area (TPSA) is 59.4 Å². The number of fused-ring (bicyclic) bond motifs is 1. The number of ether oxygens (including phenoxy) is 1. The Bertz CT molecular complexity index is 1130. The Labute approximate surface area is 191 Å². The number of hydrogen-bond acceptors (Lipinski definition) is 5. The van der Waals surface area contributed by atoms with Gasteiger partial charge < -0.3 is 9.84 Å². The molecule has 1 aliphatic rings. The molecule has 0 spiro atoms. The van der Waals surface area contributed by atoms with Gasteiger partial charge in [-0.05, 0) is 55.7 Å². The number of thioether (sulfide) groups is 1. The first-order valence-corrected chi connectivity index (χ1v) is 11.8. The van der Waals surface area contributed by atoms with E-state index < -0.39 is 17.7 Å². The molecule has 9 heteroatoms. The van der Waals surface area contributed by atoms with Crippen LogP contribution >= 0.6 is 23.1 Å². The molecule has 168 valence electrons. The summed E-state index contributed by atoms with van der Waals surface area (Å²) in [6.45, 7) is 1.91. The monoisotopic (exact) mass is 479 g/mol. The van der Waals surface area contributed by atoms with Gasteiger partial charge in [-0.25, -0.2) is 4.98 Å². The number of thiazole rings is 1. The van der Waals surface area contributed by atoms with E-state index in [1.807, 2.05) is 19.1 Å². The number of rotatable bonds is 6. The van der Waals surface area contributed by atoms with Crippen molar-refractivity contribution in [3.05, 3.63) is 64.2 Å². The Morgan fingerprint density at radius 3 is 2.69 bits per heavy atom. The van der Waals surface area contributed by atoms with E-state index in [0.717, 1.165) is 45.3 Å². The number of aromatic nitrogens is 1. The van der Waals surface area contributed by atoms with Gasteiger partial charge in [0.25, 0.3) is 0 Å². The van der Waals surface area contributed by atoms with E-state index in [4.69, 9.17) is 9.84 Å². The number of aliphatic carboxylic acids is 1. The van der Waals surface area contributed by atoms with Gasteiger partial charge in [0, 0.05) is 21.1 Å². The Morgan fingerprint density at radius 2 is 2.00 bits per heavy atom. The zero-order valence-corrected chi connectivity index (χ0v) is 18.7. The molecule has 32 heavy (non-hydrogen) atoms. The lowest BCUT2D eigenvalue weighted by atomic mass is 10.0. The second kappa shape index (κ2) is 9.15. The van der Waals surface area contributed by atoms with Crippen molar-refractivity contribution in [2.75, 3.05) is 0 Å². The highest BCUT2D eigenvalue weighted by Gasteiger charge is 2.30. The summed E-state index contributed by atoms with van der Waals surface area (Å²) in [5.74, 6) is 0.581. The zero-order valence-electron chi connectivity index (χ0n) is 17.1. The van der Waals surface area contributed by atoms with Crippen molar-refractivity contribution in [2.45, 2.75) is 49.1 Å². The first-order chi connectivity index (χ1) is 15.2. The molecule has 0 bridgehead atoms. The number of hydrogen-bond donors (Lipinski definition) is 1. The van der Waals surface area contributed by atoms with E-state index in [1.165, 1.54) is 23.5 Å². The van der Waals surface area contributed by atoms with Crippen LogP contribution in [-0.2, 0) is 23.1 Å². The van der Waals surface area contributed by atoms with E-state index >= 15 is 0 Å². The molecule has 2 aromatic carbocycles. The summed E-state index contributed by atoms with van der Waals surface area (Å²) >= 11 is 3.14. The highest BCUT2D eigenvalue weighted by molar-refractivity contribution is 7.98. The number of aryl methyl sites for hydroxylation is 2. The van der Waals surface area contributed by atoms with E-state index in [9.17, 15) is 18.0 Å². The van der Waals surface area contributed by atoms with Crippen LogP contribution in [0.25, 0.3) is 10.6 Å². The molecule has 4 rings (SSSR count). The zero-order chi connectivity index (χ0) is 22.9. The Morgan fingerprint density at radius 1 is 1.25 bits per heavy atom. The lowest BCUT2D eigenvalue weighted by Crippen LogP contribution is -2.25. The standard InChI is InChI=1S/C23H20F3NO3S2/c1-13-20(32-22(27-13)14-2-5-16(6-3-14)23(24,25)26)12-31-18-8-9-19-15(10-18)4-7-17(30-19)11-21(28)29/h2-3,5-6,8-10,17H,4,7,11-12H2,1H3,(H,28,29)/t17-/m1/s1. The van der Waals surface area contributed by atoms with Crippen molar-refractivity contribution in [1.82, 2.24) is 4.98 Å². The summed E-state index contributed by atoms with van der Waals surface area (Å²) in [5, 5.41) is 9.65. The first-order valence-electron chi connectivity index (χ1n) is 9.97. The third-order valence-corrected chi connectivity index (χ3v) is 7.59. The van der Waals surface area contributed by atoms with Gasteiger partial charge in [0.15, 0.2) is 0 Å². The maximum atomic E-state index is 12.8. The van der Waals surface area contributed by atoms with Gasteiger partial charge in [0.05, 0.1) is 17.7 Å². The maximum absolute atomic E-state index is 12.8. The summed E-state index contributed by atoms with van der Waals surface area (Å²) in [7, 11) is 0. The minimum Gasteiger partial charge on any atom is -0.490 e. The molecular formula is C23H20F3NO3S2. The molecule has 2 heterocycles. The average molecular weight is 480 g/mol. The SMILES string of the molecule is Cc1nc(-c2ccc(C(F)(F)F)cc2)sc1CSc1ccc2c(c1)CC[C@H](CC(=O)O)O2. The number of nitrogens with zero attached hydrogens (tertiary/aromatic N) is 1. The smallest absolute Gasteiger partial charge is 0.416 e. The van der Waals surface area contributed by atoms with Crippen LogP contribution < -0.4 is 4.74 Å². The van der Waals surface area contributed by atoms with E-state index in [2.05, 4.69) is 11.1 Å². The van der Waals surface area contributed by atoms with Crippen LogP contribution in [0.4, 0.5) is 13.2 Å². The summed E-state index contributed by atoms with van der Waals surface area (Å²) in [6.07, 6.45) is -3.18. The largest absolute Gasteiger partial charge is 0.490 e. The van der Waals surface area contributed by atoms with Gasteiger partial charge >= 0.3 is 12.1 Å². The molecule has 0 fully saturated rings. The van der Waals surface area contributed by atoms with Gasteiger partial charge in [-0.1, -0.05) is 12.1 Å². The normalized spacial score (nSPS) is 15.8. The molecule has 4 nitrogen and oxygen atoms in total. The lowest BCUT2D eigenvalue weighted by Gasteiger charge is -2.25. The molecule has 0 saturated heterocycles. The predicted octanol–water partition coefficient (Wildman–Crippen LogP) is 6.60. The molecule has 3 aromatic rings. The van der Waals surface area contributed by atoms with Crippen molar-refractivity contribution in [3.8, 4) is 16.3 Å². The van der Waals surface area contributed by atoms with Crippen molar-refractivity contribution in [1.29, 1.82) is 0 Å². The van der Waals surface area contributed by atoms with Crippen LogP contribution in [0.5, 0.6) is 5.75 Å². The van der Waals surface area contributed by atoms with Crippen molar-refractivity contribution < 1.29 is 27.8 Å². The fourth-order valence-corrected chi connectivity index (χ4v) is 5.66. The molecule has 0 unspecified atom stereocenters. The molecule has 1 N–H and O–H groups in total. The Kier molecular flexibility index (Phi) is 6.48. The number of benzene rings is 2. The predicted molar refractivity (Wildman–Crippen MR) is 118 cm³/mol. The molecule has 1 aromatic heterocycles. The fourth-order valence-electron chi connectivity index (χ4n) is 3.49. The van der Waals surface area contributed by atoms with Crippen molar-refractivity contribution >= 4 is 29.1 Å². The van der Waals surface area contributed by atoms with E-state index in [1.54, 1.807) is 11.8 Å². The molecule has 0 aliphatic carbocycles. The van der Waals surface area contributed by atoms with Gasteiger partial charge in [-0.15, -0.1) is 23.1 Å². The van der Waals surface area contributed by atoms with Crippen molar-refractivity contribution in [2.24, 2.45) is 0 Å². The molecule has 1 atom stereocenters. The van der Waals surface area contributed by atoms with Crippen LogP contribution in [0.3, 0.4) is 0 Å². The molecule has 0 saturated carbocycles. The molecule has 0 radical (unpaired) electrons. The van der Waals surface area contributed by atoms with Gasteiger partial charge in [-0.3, -0.25) is 4.79 Å². The minimum atomic E-state index is -4.35. The van der Waals surface area contributed by atoms with Gasteiger partial charge in [0.2, 0.25) is 0 Å². The quantitative estimate of drug-likeness (QED) is 0.404. The molecule has 1 aliphatic heterocycles. The fraction of sp³-hybridized carbons (Fsp3) is 0.304. The third-order valence-electron chi connectivity index (χ3n) is 5.19. The number of alkyl halides is 3. The highest BCUT2D eigenvalue weighted by atomic mass is 32.2. The van der Waals surface area contributed by atoms with Crippen LogP contribution in [0.2, 0.25) is 0 Å². The van der Waals surface area contributed by atoms with Gasteiger partial charge in [-0.2, -0.15) is 13.2 Å². The summed E-state index contributed by atoms with van der Waals surface area (Å²) < 4.78 is 44.1. The molecule has 0 amide bonds. The summed E-state index contributed by atoms with van der Waals surface area (Å²) in [5.41, 5.74) is 1.94. The highest BCUT2D eigenvalue weighted by Crippen LogP contribution is 2.37. The average Bonchev–Trinajstić information content (AvgIpc) is 3.12. The van der Waals surface area contributed by atoms with Crippen molar-refractivity contribution in [3.63, 3.8) is 0 Å². The number of halogens is 3. The summed E-state index contributed by atoms with van der Waals surface area (Å²) in [6, 6.07) is 11.0. The molecular weight excluding hydrogens is 459 g/mol. The third kappa shape index (κ3) is 5.27. The second-order valence-electron chi connectivity index (χ2n) is 7.54. The van der Waals surface area contributed by atoms with E-state index in [0.29, 0.717) is 22.7 Å². The maximum Gasteiger partial charge on any atom is 0.416 e. The Balaban J connectivity index is 1.42.